The maximum atomic E-state index is 9.24. The molecular weight excluding hydrogens is 244 g/mol. The molecule has 3 N–H and O–H groups in total. The monoisotopic (exact) mass is 249 g/mol. The van der Waals surface area contributed by atoms with Crippen LogP contribution in [0.1, 0.15) is 0 Å². The fourth-order valence-corrected chi connectivity index (χ4v) is 0. The minimum atomic E-state index is -5.17. The number of aliphatic carboxylic acids is 1. The molecule has 0 amide bonds. The molecule has 0 aliphatic carbocycles. The molecule has 0 atom stereocenters. The molecule has 0 fully saturated rings. The largest absolute Gasteiger partial charge is 1.00 e. The zero-order valence-electron chi connectivity index (χ0n) is 6.68. The van der Waals surface area contributed by atoms with E-state index in [2.05, 4.69) is 5.73 Å². The summed E-state index contributed by atoms with van der Waals surface area (Å²) in [4.78, 5) is 9.24. The first-order valence-corrected chi connectivity index (χ1v) is 3.19. The standard InChI is InChI=1S/C2H5NO2.2K.H2O4S/c3-1-2(4)5;;;1-5(2,3)4/h1,3H2,(H,4,5);;;(H2,1,2,3,4)/q;2*+1;/p-2. The summed E-state index contributed by atoms with van der Waals surface area (Å²) < 4.78 is 34.1. The Kier molecular flexibility index (Phi) is 27.2. The Morgan fingerprint density at radius 2 is 1.42 bits per heavy atom. The van der Waals surface area contributed by atoms with Crippen LogP contribution in [-0.2, 0) is 15.2 Å². The van der Waals surface area contributed by atoms with Crippen LogP contribution in [0.2, 0.25) is 0 Å². The van der Waals surface area contributed by atoms with Gasteiger partial charge in [0.25, 0.3) is 0 Å². The average Bonchev–Trinajstić information content (AvgIpc) is 1.61. The quantitative estimate of drug-likeness (QED) is 0.267. The maximum Gasteiger partial charge on any atom is 1.00 e. The second-order valence-corrected chi connectivity index (χ2v) is 1.82. The molecule has 0 bridgehead atoms. The van der Waals surface area contributed by atoms with Crippen molar-refractivity contribution >= 4 is 16.4 Å². The van der Waals surface area contributed by atoms with Gasteiger partial charge in [0.1, 0.15) is 0 Å². The smallest absolute Gasteiger partial charge is 0.759 e. The molecular formula is C2H5K2NO6S. The Balaban J connectivity index is -0.0000000457. The van der Waals surface area contributed by atoms with Gasteiger partial charge in [-0.3, -0.25) is 13.2 Å². The molecule has 0 aliphatic rings. The van der Waals surface area contributed by atoms with E-state index in [9.17, 15) is 4.79 Å². The minimum Gasteiger partial charge on any atom is -0.759 e. The summed E-state index contributed by atoms with van der Waals surface area (Å²) in [6, 6.07) is 0. The number of carboxylic acid groups (broad SMARTS) is 1. The normalized spacial score (nSPS) is 7.92. The van der Waals surface area contributed by atoms with Crippen molar-refractivity contribution in [2.45, 2.75) is 0 Å². The van der Waals surface area contributed by atoms with Gasteiger partial charge in [0.15, 0.2) is 0 Å². The predicted molar refractivity (Wildman–Crippen MR) is 27.2 cm³/mol. The van der Waals surface area contributed by atoms with E-state index in [1.165, 1.54) is 0 Å². The van der Waals surface area contributed by atoms with Crippen LogP contribution < -0.4 is 109 Å². The molecule has 10 heteroatoms. The third kappa shape index (κ3) is 80.5. The summed E-state index contributed by atoms with van der Waals surface area (Å²) in [5.74, 6) is -0.968. The minimum absolute atomic E-state index is 0. The summed E-state index contributed by atoms with van der Waals surface area (Å²) in [6.07, 6.45) is 0. The molecule has 0 aromatic carbocycles. The number of rotatable bonds is 1. The van der Waals surface area contributed by atoms with Gasteiger partial charge >= 0.3 is 109 Å². The number of hydrogen-bond acceptors (Lipinski definition) is 6. The van der Waals surface area contributed by atoms with Crippen LogP contribution >= 0.6 is 0 Å². The summed E-state index contributed by atoms with van der Waals surface area (Å²) in [5, 5.41) is 7.60. The molecule has 0 saturated heterocycles. The zero-order chi connectivity index (χ0) is 8.78. The van der Waals surface area contributed by atoms with Crippen LogP contribution in [-0.4, -0.2) is 35.1 Å². The topological polar surface area (TPSA) is 144 Å². The van der Waals surface area contributed by atoms with E-state index in [1.54, 1.807) is 0 Å². The van der Waals surface area contributed by atoms with Crippen molar-refractivity contribution in [3.63, 3.8) is 0 Å². The third-order valence-corrected chi connectivity index (χ3v) is 0.175. The molecule has 0 unspecified atom stereocenters. The molecule has 7 nitrogen and oxygen atoms in total. The second kappa shape index (κ2) is 13.6. The Morgan fingerprint density at radius 3 is 1.42 bits per heavy atom. The number of hydrogen-bond donors (Lipinski definition) is 2. The van der Waals surface area contributed by atoms with E-state index >= 15 is 0 Å². The van der Waals surface area contributed by atoms with Crippen molar-refractivity contribution in [1.82, 2.24) is 0 Å². The van der Waals surface area contributed by atoms with Gasteiger partial charge in [-0.1, -0.05) is 0 Å². The number of carboxylic acids is 1. The van der Waals surface area contributed by atoms with Gasteiger partial charge in [-0.2, -0.15) is 0 Å². The summed E-state index contributed by atoms with van der Waals surface area (Å²) >= 11 is 0. The van der Waals surface area contributed by atoms with Crippen LogP contribution in [0, 0.1) is 0 Å². The van der Waals surface area contributed by atoms with E-state index < -0.39 is 16.4 Å². The first kappa shape index (κ1) is 24.0. The van der Waals surface area contributed by atoms with E-state index in [4.69, 9.17) is 22.6 Å². The molecule has 0 aromatic heterocycles. The van der Waals surface area contributed by atoms with Crippen molar-refractivity contribution in [3.05, 3.63) is 0 Å². The first-order chi connectivity index (χ1) is 4.27. The van der Waals surface area contributed by atoms with Gasteiger partial charge in [-0.15, -0.1) is 0 Å². The predicted octanol–water partition coefficient (Wildman–Crippen LogP) is -8.30. The Bertz CT molecular complexity index is 182. The van der Waals surface area contributed by atoms with E-state index in [0.29, 0.717) is 0 Å². The van der Waals surface area contributed by atoms with E-state index in [0.717, 1.165) is 0 Å². The Labute approximate surface area is 155 Å². The van der Waals surface area contributed by atoms with Crippen LogP contribution in [0.25, 0.3) is 0 Å². The molecule has 0 saturated carbocycles. The zero-order valence-corrected chi connectivity index (χ0v) is 13.7. The van der Waals surface area contributed by atoms with Crippen molar-refractivity contribution in [1.29, 1.82) is 0 Å². The fraction of sp³-hybridized carbons (Fsp3) is 0.500. The van der Waals surface area contributed by atoms with Crippen molar-refractivity contribution in [2.24, 2.45) is 5.73 Å². The molecule has 0 aromatic rings. The van der Waals surface area contributed by atoms with Gasteiger partial charge < -0.3 is 19.9 Å². The van der Waals surface area contributed by atoms with E-state index in [-0.39, 0.29) is 109 Å². The first-order valence-electron chi connectivity index (χ1n) is 1.86. The molecule has 0 spiro atoms. The maximum absolute atomic E-state index is 9.24. The van der Waals surface area contributed by atoms with Crippen LogP contribution in [0.3, 0.4) is 0 Å². The number of carbonyl (C=O) groups is 1. The molecule has 0 rings (SSSR count). The Hall–Kier alpha value is 2.57. The van der Waals surface area contributed by atoms with Crippen molar-refractivity contribution in [2.75, 3.05) is 6.54 Å². The second-order valence-electron chi connectivity index (χ2n) is 1.01. The third-order valence-electron chi connectivity index (χ3n) is 0.175. The Morgan fingerprint density at radius 1 is 1.33 bits per heavy atom. The van der Waals surface area contributed by atoms with Crippen molar-refractivity contribution in [3.8, 4) is 0 Å². The summed E-state index contributed by atoms with van der Waals surface area (Å²) in [7, 11) is -5.17. The van der Waals surface area contributed by atoms with Gasteiger partial charge in [-0.25, -0.2) is 0 Å². The van der Waals surface area contributed by atoms with Gasteiger partial charge in [0, 0.05) is 10.4 Å². The molecule has 0 radical (unpaired) electrons. The van der Waals surface area contributed by atoms with Crippen LogP contribution in [0.4, 0.5) is 0 Å². The molecule has 12 heavy (non-hydrogen) atoms. The number of nitrogens with two attached hydrogens (primary N) is 1. The van der Waals surface area contributed by atoms with Gasteiger partial charge in [0.05, 0.1) is 6.54 Å². The summed E-state index contributed by atoms with van der Waals surface area (Å²) in [5.41, 5.74) is 4.57. The fourth-order valence-electron chi connectivity index (χ4n) is 0. The summed E-state index contributed by atoms with van der Waals surface area (Å²) in [6.45, 7) is -0.278. The van der Waals surface area contributed by atoms with Crippen LogP contribution in [0.15, 0.2) is 0 Å². The molecule has 62 valence electrons. The average molecular weight is 249 g/mol. The van der Waals surface area contributed by atoms with Gasteiger partial charge in [-0.05, 0) is 0 Å². The SMILES string of the molecule is NCC(=O)O.O=S(=O)([O-])[O-].[K+].[K+]. The molecule has 0 aliphatic heterocycles. The molecule has 0 heterocycles. The van der Waals surface area contributed by atoms with Crippen LogP contribution in [0.5, 0.6) is 0 Å². The van der Waals surface area contributed by atoms with Gasteiger partial charge in [0.2, 0.25) is 0 Å². The van der Waals surface area contributed by atoms with Crippen molar-refractivity contribution < 1.29 is 130 Å². The van der Waals surface area contributed by atoms with E-state index in [1.807, 2.05) is 0 Å².